The molecule has 0 spiro atoms. The fourth-order valence-electron chi connectivity index (χ4n) is 1.40. The van der Waals surface area contributed by atoms with Crippen molar-refractivity contribution in [3.8, 4) is 0 Å². The molecule has 1 aliphatic rings. The molecule has 3 N–H and O–H groups in total. The van der Waals surface area contributed by atoms with Crippen LogP contribution in [0.1, 0.15) is 41.9 Å². The third-order valence-corrected chi connectivity index (χ3v) is 2.50. The first kappa shape index (κ1) is 10.2. The Bertz CT molecular complexity index is 357. The van der Waals surface area contributed by atoms with Gasteiger partial charge in [-0.15, -0.1) is 0 Å². The SMILES string of the molecule is CC(CO)NC(=O)c1cc(C2CC2)[nH]n1. The summed E-state index contributed by atoms with van der Waals surface area (Å²) in [4.78, 5) is 11.6. The minimum absolute atomic E-state index is 0.0638. The third kappa shape index (κ3) is 2.36. The number of aromatic amines is 1. The number of hydrogen-bond donors (Lipinski definition) is 3. The lowest BCUT2D eigenvalue weighted by molar-refractivity contribution is 0.0917. The number of aromatic nitrogens is 2. The molecule has 1 atom stereocenters. The molecule has 0 saturated heterocycles. The lowest BCUT2D eigenvalue weighted by atomic mass is 10.2. The van der Waals surface area contributed by atoms with E-state index in [1.807, 2.05) is 0 Å². The van der Waals surface area contributed by atoms with Crippen LogP contribution in [0, 0.1) is 0 Å². The Morgan fingerprint density at radius 1 is 1.80 bits per heavy atom. The summed E-state index contributed by atoms with van der Waals surface area (Å²) in [6.07, 6.45) is 2.35. The lowest BCUT2D eigenvalue weighted by Crippen LogP contribution is -2.35. The maximum Gasteiger partial charge on any atom is 0.272 e. The van der Waals surface area contributed by atoms with E-state index in [1.54, 1.807) is 13.0 Å². The highest BCUT2D eigenvalue weighted by atomic mass is 16.3. The third-order valence-electron chi connectivity index (χ3n) is 2.50. The number of carbonyl (C=O) groups is 1. The van der Waals surface area contributed by atoms with Crippen LogP contribution >= 0.6 is 0 Å². The van der Waals surface area contributed by atoms with Gasteiger partial charge in [-0.05, 0) is 25.8 Å². The van der Waals surface area contributed by atoms with Crippen LogP contribution in [-0.2, 0) is 0 Å². The van der Waals surface area contributed by atoms with E-state index in [1.165, 1.54) is 12.8 Å². The molecule has 15 heavy (non-hydrogen) atoms. The summed E-state index contributed by atoms with van der Waals surface area (Å²) >= 11 is 0. The predicted octanol–water partition coefficient (Wildman–Crippen LogP) is 0.398. The van der Waals surface area contributed by atoms with Crippen molar-refractivity contribution in [3.63, 3.8) is 0 Å². The summed E-state index contributed by atoms with van der Waals surface area (Å²) in [5.74, 6) is 0.328. The highest BCUT2D eigenvalue weighted by Crippen LogP contribution is 2.38. The van der Waals surface area contributed by atoms with E-state index in [0.29, 0.717) is 11.6 Å². The van der Waals surface area contributed by atoms with Crippen LogP contribution in [0.4, 0.5) is 0 Å². The smallest absolute Gasteiger partial charge is 0.272 e. The lowest BCUT2D eigenvalue weighted by Gasteiger charge is -2.08. The summed E-state index contributed by atoms with van der Waals surface area (Å²) in [5, 5.41) is 18.3. The van der Waals surface area contributed by atoms with E-state index >= 15 is 0 Å². The van der Waals surface area contributed by atoms with Crippen molar-refractivity contribution in [2.75, 3.05) is 6.61 Å². The number of aliphatic hydroxyl groups is 1. The van der Waals surface area contributed by atoms with Crippen LogP contribution in [0.25, 0.3) is 0 Å². The van der Waals surface area contributed by atoms with Gasteiger partial charge in [0, 0.05) is 17.7 Å². The number of carbonyl (C=O) groups excluding carboxylic acids is 1. The molecule has 1 aliphatic carbocycles. The van der Waals surface area contributed by atoms with Gasteiger partial charge in [0.15, 0.2) is 0 Å². The van der Waals surface area contributed by atoms with Gasteiger partial charge in [0.1, 0.15) is 5.69 Å². The van der Waals surface area contributed by atoms with E-state index in [2.05, 4.69) is 15.5 Å². The summed E-state index contributed by atoms with van der Waals surface area (Å²) < 4.78 is 0. The van der Waals surface area contributed by atoms with Gasteiger partial charge in [-0.25, -0.2) is 0 Å². The Morgan fingerprint density at radius 2 is 2.53 bits per heavy atom. The van der Waals surface area contributed by atoms with Crippen molar-refractivity contribution in [2.45, 2.75) is 31.7 Å². The number of H-pyrrole nitrogens is 1. The molecular formula is C10H15N3O2. The molecule has 5 heteroatoms. The van der Waals surface area contributed by atoms with Crippen LogP contribution in [0.5, 0.6) is 0 Å². The first-order valence-electron chi connectivity index (χ1n) is 5.17. The van der Waals surface area contributed by atoms with E-state index in [0.717, 1.165) is 5.69 Å². The Labute approximate surface area is 87.9 Å². The molecule has 82 valence electrons. The predicted molar refractivity (Wildman–Crippen MR) is 54.6 cm³/mol. The molecular weight excluding hydrogens is 194 g/mol. The molecule has 1 amide bonds. The molecule has 0 bridgehead atoms. The number of aliphatic hydroxyl groups excluding tert-OH is 1. The second-order valence-electron chi connectivity index (χ2n) is 4.04. The molecule has 1 heterocycles. The normalized spacial score (nSPS) is 17.5. The Balaban J connectivity index is 1.98. The largest absolute Gasteiger partial charge is 0.394 e. The van der Waals surface area contributed by atoms with Crippen molar-refractivity contribution < 1.29 is 9.90 Å². The van der Waals surface area contributed by atoms with Crippen LogP contribution in [0.3, 0.4) is 0 Å². The number of amides is 1. The minimum atomic E-state index is -0.237. The molecule has 0 aliphatic heterocycles. The molecule has 1 saturated carbocycles. The van der Waals surface area contributed by atoms with Crippen LogP contribution < -0.4 is 5.32 Å². The molecule has 1 unspecified atom stereocenters. The van der Waals surface area contributed by atoms with Gasteiger partial charge in [-0.1, -0.05) is 0 Å². The van der Waals surface area contributed by atoms with Gasteiger partial charge in [0.25, 0.3) is 5.91 Å². The standard InChI is InChI=1S/C10H15N3O2/c1-6(5-14)11-10(15)9-4-8(12-13-9)7-2-3-7/h4,6-7,14H,2-3,5H2,1H3,(H,11,15)(H,12,13). The van der Waals surface area contributed by atoms with Crippen molar-refractivity contribution in [3.05, 3.63) is 17.5 Å². The fraction of sp³-hybridized carbons (Fsp3) is 0.600. The first-order valence-corrected chi connectivity index (χ1v) is 5.17. The van der Waals surface area contributed by atoms with Gasteiger partial charge >= 0.3 is 0 Å². The Hall–Kier alpha value is -1.36. The second-order valence-corrected chi connectivity index (χ2v) is 4.04. The minimum Gasteiger partial charge on any atom is -0.394 e. The topological polar surface area (TPSA) is 78.0 Å². The van der Waals surface area contributed by atoms with E-state index < -0.39 is 0 Å². The molecule has 0 radical (unpaired) electrons. The van der Waals surface area contributed by atoms with Gasteiger partial charge in [0.2, 0.25) is 0 Å². The van der Waals surface area contributed by atoms with Gasteiger partial charge in [0.05, 0.1) is 6.61 Å². The van der Waals surface area contributed by atoms with E-state index in [4.69, 9.17) is 5.11 Å². The van der Waals surface area contributed by atoms with E-state index in [9.17, 15) is 4.79 Å². The highest BCUT2D eigenvalue weighted by Gasteiger charge is 2.26. The van der Waals surface area contributed by atoms with E-state index in [-0.39, 0.29) is 18.6 Å². The van der Waals surface area contributed by atoms with Crippen molar-refractivity contribution >= 4 is 5.91 Å². The zero-order chi connectivity index (χ0) is 10.8. The quantitative estimate of drug-likeness (QED) is 0.671. The molecule has 5 nitrogen and oxygen atoms in total. The molecule has 1 aromatic rings. The van der Waals surface area contributed by atoms with Gasteiger partial charge < -0.3 is 10.4 Å². The molecule has 2 rings (SSSR count). The summed E-state index contributed by atoms with van der Waals surface area (Å²) in [6, 6.07) is 1.55. The average Bonchev–Trinajstić information content (AvgIpc) is 2.96. The van der Waals surface area contributed by atoms with Crippen LogP contribution in [-0.4, -0.2) is 33.9 Å². The van der Waals surface area contributed by atoms with Crippen LogP contribution in [0.2, 0.25) is 0 Å². The van der Waals surface area contributed by atoms with Gasteiger partial charge in [-0.3, -0.25) is 9.89 Å². The molecule has 1 fully saturated rings. The summed E-state index contributed by atoms with van der Waals surface area (Å²) in [5.41, 5.74) is 1.44. The van der Waals surface area contributed by atoms with Gasteiger partial charge in [-0.2, -0.15) is 5.10 Å². The zero-order valence-corrected chi connectivity index (χ0v) is 8.66. The highest BCUT2D eigenvalue weighted by molar-refractivity contribution is 5.92. The number of nitrogens with zero attached hydrogens (tertiary/aromatic N) is 1. The van der Waals surface area contributed by atoms with Crippen molar-refractivity contribution in [1.29, 1.82) is 0 Å². The molecule has 1 aromatic heterocycles. The first-order chi connectivity index (χ1) is 7.20. The van der Waals surface area contributed by atoms with Crippen molar-refractivity contribution in [1.82, 2.24) is 15.5 Å². The monoisotopic (exact) mass is 209 g/mol. The Kier molecular flexibility index (Phi) is 2.73. The number of hydrogen-bond acceptors (Lipinski definition) is 3. The molecule has 0 aromatic carbocycles. The maximum absolute atomic E-state index is 11.6. The average molecular weight is 209 g/mol. The fourth-order valence-corrected chi connectivity index (χ4v) is 1.40. The number of nitrogens with one attached hydrogen (secondary N) is 2. The number of rotatable bonds is 4. The second kappa shape index (κ2) is 4.02. The zero-order valence-electron chi connectivity index (χ0n) is 8.66. The van der Waals surface area contributed by atoms with Crippen LogP contribution in [0.15, 0.2) is 6.07 Å². The summed E-state index contributed by atoms with van der Waals surface area (Å²) in [6.45, 7) is 1.68. The van der Waals surface area contributed by atoms with Crippen molar-refractivity contribution in [2.24, 2.45) is 0 Å². The summed E-state index contributed by atoms with van der Waals surface area (Å²) in [7, 11) is 0. The Morgan fingerprint density at radius 3 is 3.13 bits per heavy atom. The maximum atomic E-state index is 11.6.